The van der Waals surface area contributed by atoms with E-state index < -0.39 is 0 Å². The molecular weight excluding hydrogens is 305 g/mol. The van der Waals surface area contributed by atoms with Crippen LogP contribution in [0.15, 0.2) is 24.3 Å². The summed E-state index contributed by atoms with van der Waals surface area (Å²) in [5.74, 6) is 0.828. The van der Waals surface area contributed by atoms with Crippen LogP contribution < -0.4 is 4.74 Å². The molecule has 1 aromatic carbocycles. The van der Waals surface area contributed by atoms with Crippen LogP contribution in [0.5, 0.6) is 5.75 Å². The maximum Gasteiger partial charge on any atom is 0.254 e. The number of likely N-dealkylation sites (tertiary alicyclic amines) is 1. The molecule has 2 rings (SSSR count). The number of alkyl halides is 1. The van der Waals surface area contributed by atoms with E-state index in [9.17, 15) is 4.79 Å². The fourth-order valence-electron chi connectivity index (χ4n) is 1.53. The normalized spacial score (nSPS) is 16.0. The quantitative estimate of drug-likeness (QED) is 0.616. The molecule has 0 saturated carbocycles. The molecule has 15 heavy (non-hydrogen) atoms. The Morgan fingerprint density at radius 1 is 1.53 bits per heavy atom. The molecule has 0 spiro atoms. The van der Waals surface area contributed by atoms with E-state index in [1.807, 2.05) is 23.1 Å². The zero-order valence-electron chi connectivity index (χ0n) is 8.44. The summed E-state index contributed by atoms with van der Waals surface area (Å²) in [7, 11) is 1.61. The molecule has 0 N–H and O–H groups in total. The van der Waals surface area contributed by atoms with E-state index in [2.05, 4.69) is 22.6 Å². The molecule has 0 bridgehead atoms. The number of hydrogen-bond acceptors (Lipinski definition) is 2. The van der Waals surface area contributed by atoms with Crippen LogP contribution in [-0.4, -0.2) is 34.9 Å². The molecular formula is C11H12INO2. The number of carbonyl (C=O) groups excluding carboxylic acids is 1. The maximum atomic E-state index is 11.9. The van der Waals surface area contributed by atoms with E-state index in [4.69, 9.17) is 4.74 Å². The van der Waals surface area contributed by atoms with Crippen molar-refractivity contribution in [3.05, 3.63) is 29.8 Å². The Bertz CT molecular complexity index is 375. The lowest BCUT2D eigenvalue weighted by Gasteiger charge is -2.36. The number of amides is 1. The SMILES string of the molecule is COc1cccc(C(=O)N2CC(I)C2)c1. The van der Waals surface area contributed by atoms with Crippen molar-refractivity contribution < 1.29 is 9.53 Å². The highest BCUT2D eigenvalue weighted by Crippen LogP contribution is 2.21. The van der Waals surface area contributed by atoms with Gasteiger partial charge in [-0.2, -0.15) is 0 Å². The molecule has 1 amide bonds. The lowest BCUT2D eigenvalue weighted by molar-refractivity contribution is 0.0672. The Hall–Kier alpha value is -0.780. The highest BCUT2D eigenvalue weighted by atomic mass is 127. The first kappa shape index (κ1) is 10.7. The molecule has 0 aliphatic carbocycles. The minimum atomic E-state index is 0.0989. The molecule has 0 radical (unpaired) electrons. The van der Waals surface area contributed by atoms with Gasteiger partial charge in [0.05, 0.1) is 7.11 Å². The third-order valence-corrected chi connectivity index (χ3v) is 3.23. The number of benzene rings is 1. The van der Waals surface area contributed by atoms with Crippen molar-refractivity contribution in [3.8, 4) is 5.75 Å². The highest BCUT2D eigenvalue weighted by molar-refractivity contribution is 14.1. The molecule has 0 aromatic heterocycles. The van der Waals surface area contributed by atoms with Crippen molar-refractivity contribution >= 4 is 28.5 Å². The van der Waals surface area contributed by atoms with E-state index in [0.717, 1.165) is 18.8 Å². The van der Waals surface area contributed by atoms with Crippen LogP contribution in [0, 0.1) is 0 Å². The maximum absolute atomic E-state index is 11.9. The fraction of sp³-hybridized carbons (Fsp3) is 0.364. The number of hydrogen-bond donors (Lipinski definition) is 0. The van der Waals surface area contributed by atoms with Gasteiger partial charge in [-0.25, -0.2) is 0 Å². The van der Waals surface area contributed by atoms with Crippen LogP contribution in [0.4, 0.5) is 0 Å². The number of methoxy groups -OCH3 is 1. The van der Waals surface area contributed by atoms with Gasteiger partial charge in [-0.05, 0) is 18.2 Å². The van der Waals surface area contributed by atoms with Crippen molar-refractivity contribution in [1.29, 1.82) is 0 Å². The molecule has 4 heteroatoms. The van der Waals surface area contributed by atoms with Crippen LogP contribution in [0.3, 0.4) is 0 Å². The second-order valence-corrected chi connectivity index (χ2v) is 5.30. The highest BCUT2D eigenvalue weighted by Gasteiger charge is 2.28. The van der Waals surface area contributed by atoms with Gasteiger partial charge in [0.1, 0.15) is 5.75 Å². The molecule has 0 atom stereocenters. The van der Waals surface area contributed by atoms with Crippen molar-refractivity contribution in [2.75, 3.05) is 20.2 Å². The summed E-state index contributed by atoms with van der Waals surface area (Å²) in [6.07, 6.45) is 0. The lowest BCUT2D eigenvalue weighted by atomic mass is 10.1. The van der Waals surface area contributed by atoms with Gasteiger partial charge in [0.2, 0.25) is 0 Å². The predicted octanol–water partition coefficient (Wildman–Crippen LogP) is 1.95. The minimum Gasteiger partial charge on any atom is -0.497 e. The first-order valence-electron chi connectivity index (χ1n) is 4.78. The fourth-order valence-corrected chi connectivity index (χ4v) is 2.48. The molecule has 1 fully saturated rings. The van der Waals surface area contributed by atoms with Gasteiger partial charge >= 0.3 is 0 Å². The smallest absolute Gasteiger partial charge is 0.254 e. The van der Waals surface area contributed by atoms with E-state index in [0.29, 0.717) is 9.49 Å². The second-order valence-electron chi connectivity index (χ2n) is 3.54. The first-order valence-corrected chi connectivity index (χ1v) is 6.02. The van der Waals surface area contributed by atoms with E-state index >= 15 is 0 Å². The number of ether oxygens (including phenoxy) is 1. The Labute approximate surface area is 103 Å². The summed E-state index contributed by atoms with van der Waals surface area (Å²) in [4.78, 5) is 13.8. The summed E-state index contributed by atoms with van der Waals surface area (Å²) >= 11 is 2.36. The Morgan fingerprint density at radius 2 is 2.27 bits per heavy atom. The van der Waals surface area contributed by atoms with Gasteiger partial charge in [0.25, 0.3) is 5.91 Å². The summed E-state index contributed by atoms with van der Waals surface area (Å²) in [5.41, 5.74) is 0.706. The van der Waals surface area contributed by atoms with Gasteiger partial charge < -0.3 is 9.64 Å². The monoisotopic (exact) mass is 317 g/mol. The van der Waals surface area contributed by atoms with E-state index in [1.165, 1.54) is 0 Å². The molecule has 1 aliphatic rings. The summed E-state index contributed by atoms with van der Waals surface area (Å²) in [5, 5.41) is 0. The number of carbonyl (C=O) groups is 1. The Balaban J connectivity index is 2.11. The van der Waals surface area contributed by atoms with Crippen LogP contribution in [0.2, 0.25) is 0 Å². The summed E-state index contributed by atoms with van der Waals surface area (Å²) in [6, 6.07) is 7.29. The summed E-state index contributed by atoms with van der Waals surface area (Å²) in [6.45, 7) is 1.72. The van der Waals surface area contributed by atoms with Gasteiger partial charge in [0.15, 0.2) is 0 Å². The van der Waals surface area contributed by atoms with Crippen LogP contribution in [0.25, 0.3) is 0 Å². The van der Waals surface area contributed by atoms with Crippen LogP contribution in [-0.2, 0) is 0 Å². The minimum absolute atomic E-state index is 0.0989. The second kappa shape index (κ2) is 4.38. The first-order chi connectivity index (χ1) is 7.20. The average molecular weight is 317 g/mol. The largest absolute Gasteiger partial charge is 0.497 e. The van der Waals surface area contributed by atoms with Crippen LogP contribution >= 0.6 is 22.6 Å². The van der Waals surface area contributed by atoms with Crippen molar-refractivity contribution in [3.63, 3.8) is 0 Å². The van der Waals surface area contributed by atoms with Gasteiger partial charge in [-0.1, -0.05) is 28.7 Å². The van der Waals surface area contributed by atoms with E-state index in [1.54, 1.807) is 13.2 Å². The van der Waals surface area contributed by atoms with Crippen LogP contribution in [0.1, 0.15) is 10.4 Å². The molecule has 0 unspecified atom stereocenters. The zero-order chi connectivity index (χ0) is 10.8. The number of halogens is 1. The van der Waals surface area contributed by atoms with Gasteiger partial charge in [-0.15, -0.1) is 0 Å². The third-order valence-electron chi connectivity index (χ3n) is 2.44. The summed E-state index contributed by atoms with van der Waals surface area (Å²) < 4.78 is 5.69. The molecule has 1 aliphatic heterocycles. The van der Waals surface area contributed by atoms with E-state index in [-0.39, 0.29) is 5.91 Å². The lowest BCUT2D eigenvalue weighted by Crippen LogP contribution is -2.50. The zero-order valence-corrected chi connectivity index (χ0v) is 10.6. The molecule has 3 nitrogen and oxygen atoms in total. The molecule has 1 saturated heterocycles. The number of rotatable bonds is 2. The van der Waals surface area contributed by atoms with Crippen molar-refractivity contribution in [2.45, 2.75) is 3.92 Å². The molecule has 1 aromatic rings. The average Bonchev–Trinajstić information content (AvgIpc) is 2.24. The predicted molar refractivity (Wildman–Crippen MR) is 66.7 cm³/mol. The Kier molecular flexibility index (Phi) is 3.14. The number of nitrogens with zero attached hydrogens (tertiary/aromatic N) is 1. The topological polar surface area (TPSA) is 29.5 Å². The molecule has 1 heterocycles. The van der Waals surface area contributed by atoms with Crippen molar-refractivity contribution in [1.82, 2.24) is 4.90 Å². The standard InChI is InChI=1S/C11H12INO2/c1-15-10-4-2-3-8(5-10)11(14)13-6-9(12)7-13/h2-5,9H,6-7H2,1H3. The van der Waals surface area contributed by atoms with Crippen molar-refractivity contribution in [2.24, 2.45) is 0 Å². The van der Waals surface area contributed by atoms with Gasteiger partial charge in [0, 0.05) is 22.6 Å². The van der Waals surface area contributed by atoms with Gasteiger partial charge in [-0.3, -0.25) is 4.79 Å². The molecule has 80 valence electrons. The Morgan fingerprint density at radius 3 is 2.87 bits per heavy atom. The third kappa shape index (κ3) is 2.25.